The predicted molar refractivity (Wildman–Crippen MR) is 67.3 cm³/mol. The first-order valence-corrected chi connectivity index (χ1v) is 5.12. The van der Waals surface area contributed by atoms with E-state index in [4.69, 9.17) is 0 Å². The minimum Gasteiger partial charge on any atom is -0.338 e. The molecule has 0 saturated heterocycles. The van der Waals surface area contributed by atoms with Gasteiger partial charge in [0.2, 0.25) is 0 Å². The molecule has 1 aromatic carbocycles. The van der Waals surface area contributed by atoms with Crippen molar-refractivity contribution < 1.29 is 4.79 Å². The number of hydrogen-bond acceptors (Lipinski definition) is 1. The van der Waals surface area contributed by atoms with E-state index in [0.29, 0.717) is 13.1 Å². The van der Waals surface area contributed by atoms with Crippen LogP contribution in [0.1, 0.15) is 18.1 Å². The molecule has 4 heteroatoms. The van der Waals surface area contributed by atoms with Crippen LogP contribution in [0.3, 0.4) is 0 Å². The van der Waals surface area contributed by atoms with Crippen LogP contribution >= 0.6 is 12.4 Å². The number of carbonyl (C=O) groups is 1. The third kappa shape index (κ3) is 2.55. The molecule has 0 aliphatic carbocycles. The lowest BCUT2D eigenvalue weighted by Crippen LogP contribution is -2.36. The summed E-state index contributed by atoms with van der Waals surface area (Å²) in [4.78, 5) is 13.3. The number of nitrogens with one attached hydrogen (secondary N) is 1. The van der Waals surface area contributed by atoms with Crippen LogP contribution in [0.5, 0.6) is 0 Å². The van der Waals surface area contributed by atoms with Crippen LogP contribution in [-0.2, 0) is 6.54 Å². The van der Waals surface area contributed by atoms with Gasteiger partial charge in [-0.05, 0) is 24.1 Å². The maximum absolute atomic E-state index is 11.6. The quantitative estimate of drug-likeness (QED) is 0.802. The fraction of sp³-hybridized carbons (Fsp3) is 0.250. The second-order valence-electron chi connectivity index (χ2n) is 3.48. The number of halogens is 1. The van der Waals surface area contributed by atoms with Gasteiger partial charge in [-0.15, -0.1) is 12.4 Å². The zero-order valence-electron chi connectivity index (χ0n) is 9.14. The first-order chi connectivity index (χ1) is 7.31. The summed E-state index contributed by atoms with van der Waals surface area (Å²) in [6, 6.07) is 8.06. The van der Waals surface area contributed by atoms with E-state index >= 15 is 0 Å². The molecule has 0 atom stereocenters. The molecular weight excluding hydrogens is 224 g/mol. The van der Waals surface area contributed by atoms with Gasteiger partial charge in [-0.1, -0.05) is 24.3 Å². The van der Waals surface area contributed by atoms with E-state index in [1.165, 1.54) is 11.1 Å². The van der Waals surface area contributed by atoms with Crippen molar-refractivity contribution in [3.63, 3.8) is 0 Å². The lowest BCUT2D eigenvalue weighted by Gasteiger charge is -2.23. The summed E-state index contributed by atoms with van der Waals surface area (Å²) in [5.41, 5.74) is 2.38. The van der Waals surface area contributed by atoms with Crippen LogP contribution in [0, 0.1) is 0 Å². The second-order valence-corrected chi connectivity index (χ2v) is 3.48. The average Bonchev–Trinajstić information content (AvgIpc) is 2.29. The van der Waals surface area contributed by atoms with Crippen molar-refractivity contribution in [1.82, 2.24) is 10.2 Å². The van der Waals surface area contributed by atoms with Crippen LogP contribution in [0.25, 0.3) is 6.08 Å². The summed E-state index contributed by atoms with van der Waals surface area (Å²) in [6.45, 7) is 3.23. The van der Waals surface area contributed by atoms with Gasteiger partial charge >= 0.3 is 6.03 Å². The number of amides is 2. The summed E-state index contributed by atoms with van der Waals surface area (Å²) in [5, 5.41) is 2.78. The number of urea groups is 1. The maximum Gasteiger partial charge on any atom is 0.321 e. The number of nitrogens with zero attached hydrogens (tertiary/aromatic N) is 1. The topological polar surface area (TPSA) is 32.3 Å². The zero-order chi connectivity index (χ0) is 10.7. The van der Waals surface area contributed by atoms with Gasteiger partial charge in [-0.3, -0.25) is 4.90 Å². The van der Waals surface area contributed by atoms with Crippen molar-refractivity contribution >= 4 is 24.5 Å². The largest absolute Gasteiger partial charge is 0.338 e. The Morgan fingerprint density at radius 3 is 2.94 bits per heavy atom. The van der Waals surface area contributed by atoms with Crippen LogP contribution in [-0.4, -0.2) is 17.5 Å². The zero-order valence-corrected chi connectivity index (χ0v) is 9.96. The molecule has 2 amide bonds. The Morgan fingerprint density at radius 1 is 1.44 bits per heavy atom. The molecule has 0 fully saturated rings. The Bertz CT molecular complexity index is 404. The van der Waals surface area contributed by atoms with Crippen molar-refractivity contribution in [2.24, 2.45) is 0 Å². The van der Waals surface area contributed by atoms with E-state index < -0.39 is 0 Å². The first-order valence-electron chi connectivity index (χ1n) is 5.12. The molecule has 0 aromatic heterocycles. The Kier molecular flexibility index (Phi) is 4.38. The van der Waals surface area contributed by atoms with E-state index in [1.54, 1.807) is 4.90 Å². The van der Waals surface area contributed by atoms with Gasteiger partial charge < -0.3 is 5.32 Å². The van der Waals surface area contributed by atoms with Crippen molar-refractivity contribution in [2.45, 2.75) is 13.5 Å². The molecule has 2 rings (SSSR count). The summed E-state index contributed by atoms with van der Waals surface area (Å²) < 4.78 is 0. The highest BCUT2D eigenvalue weighted by Crippen LogP contribution is 2.18. The van der Waals surface area contributed by atoms with E-state index in [2.05, 4.69) is 11.4 Å². The Morgan fingerprint density at radius 2 is 2.19 bits per heavy atom. The lowest BCUT2D eigenvalue weighted by molar-refractivity contribution is 0.214. The SMILES string of the molecule is CCNC(=O)N1C=Cc2ccccc2C1.Cl. The van der Waals surface area contributed by atoms with Gasteiger partial charge in [0.05, 0.1) is 6.54 Å². The smallest absolute Gasteiger partial charge is 0.321 e. The van der Waals surface area contributed by atoms with Crippen LogP contribution in [0.15, 0.2) is 30.5 Å². The minimum absolute atomic E-state index is 0. The number of hydrogen-bond donors (Lipinski definition) is 1. The van der Waals surface area contributed by atoms with Gasteiger partial charge in [0, 0.05) is 12.7 Å². The Labute approximate surface area is 102 Å². The fourth-order valence-electron chi connectivity index (χ4n) is 1.64. The first kappa shape index (κ1) is 12.6. The highest BCUT2D eigenvalue weighted by molar-refractivity contribution is 5.85. The summed E-state index contributed by atoms with van der Waals surface area (Å²) >= 11 is 0. The molecule has 0 unspecified atom stereocenters. The fourth-order valence-corrected chi connectivity index (χ4v) is 1.64. The number of benzene rings is 1. The molecule has 1 aliphatic rings. The molecule has 0 bridgehead atoms. The van der Waals surface area contributed by atoms with Crippen molar-refractivity contribution in [3.8, 4) is 0 Å². The maximum atomic E-state index is 11.6. The molecule has 1 N–H and O–H groups in total. The third-order valence-electron chi connectivity index (χ3n) is 2.42. The van der Waals surface area contributed by atoms with Gasteiger partial charge in [0.25, 0.3) is 0 Å². The van der Waals surface area contributed by atoms with E-state index in [1.807, 2.05) is 37.4 Å². The third-order valence-corrected chi connectivity index (χ3v) is 2.42. The number of fused-ring (bicyclic) bond motifs is 1. The minimum atomic E-state index is -0.0387. The van der Waals surface area contributed by atoms with Crippen LogP contribution in [0.4, 0.5) is 4.79 Å². The predicted octanol–water partition coefficient (Wildman–Crippen LogP) is 2.62. The monoisotopic (exact) mass is 238 g/mol. The summed E-state index contributed by atoms with van der Waals surface area (Å²) in [7, 11) is 0. The summed E-state index contributed by atoms with van der Waals surface area (Å²) in [6.07, 6.45) is 3.79. The van der Waals surface area contributed by atoms with Crippen molar-refractivity contribution in [3.05, 3.63) is 41.6 Å². The van der Waals surface area contributed by atoms with Gasteiger partial charge in [-0.2, -0.15) is 0 Å². The molecule has 1 aromatic rings. The van der Waals surface area contributed by atoms with E-state index in [9.17, 15) is 4.79 Å². The highest BCUT2D eigenvalue weighted by Gasteiger charge is 2.14. The number of carbonyl (C=O) groups excluding carboxylic acids is 1. The molecule has 0 spiro atoms. The molecule has 3 nitrogen and oxygen atoms in total. The lowest BCUT2D eigenvalue weighted by atomic mass is 10.0. The Hall–Kier alpha value is -1.48. The normalized spacial score (nSPS) is 12.7. The number of rotatable bonds is 1. The average molecular weight is 239 g/mol. The highest BCUT2D eigenvalue weighted by atomic mass is 35.5. The second kappa shape index (κ2) is 5.56. The van der Waals surface area contributed by atoms with Crippen LogP contribution < -0.4 is 5.32 Å². The van der Waals surface area contributed by atoms with Gasteiger partial charge in [-0.25, -0.2) is 4.79 Å². The standard InChI is InChI=1S/C12H14N2O.ClH/c1-2-13-12(15)14-8-7-10-5-3-4-6-11(10)9-14;/h3-8H,2,9H2,1H3,(H,13,15);1H. The summed E-state index contributed by atoms with van der Waals surface area (Å²) in [5.74, 6) is 0. The van der Waals surface area contributed by atoms with Crippen molar-refractivity contribution in [2.75, 3.05) is 6.54 Å². The molecular formula is C12H15ClN2O. The van der Waals surface area contributed by atoms with Gasteiger partial charge in [0.15, 0.2) is 0 Å². The molecule has 86 valence electrons. The molecule has 0 radical (unpaired) electrons. The molecule has 1 heterocycles. The van der Waals surface area contributed by atoms with Gasteiger partial charge in [0.1, 0.15) is 0 Å². The van der Waals surface area contributed by atoms with E-state index in [0.717, 1.165) is 0 Å². The molecule has 1 aliphatic heterocycles. The van der Waals surface area contributed by atoms with Crippen molar-refractivity contribution in [1.29, 1.82) is 0 Å². The Balaban J connectivity index is 0.00000128. The van der Waals surface area contributed by atoms with E-state index in [-0.39, 0.29) is 18.4 Å². The molecule has 16 heavy (non-hydrogen) atoms. The van der Waals surface area contributed by atoms with Crippen LogP contribution in [0.2, 0.25) is 0 Å². The molecule has 0 saturated carbocycles.